The number of morpholine rings is 1. The lowest BCUT2D eigenvalue weighted by Crippen LogP contribution is -2.37. The van der Waals surface area contributed by atoms with Gasteiger partial charge in [0.25, 0.3) is 0 Å². The van der Waals surface area contributed by atoms with Crippen LogP contribution in [-0.4, -0.2) is 60.9 Å². The molecular formula is C20H19F3N6O3S. The highest BCUT2D eigenvalue weighted by molar-refractivity contribution is 7.90. The number of hydrogen-bond acceptors (Lipinski definition) is 9. The van der Waals surface area contributed by atoms with E-state index in [2.05, 4.69) is 19.9 Å². The number of aromatic nitrogens is 4. The summed E-state index contributed by atoms with van der Waals surface area (Å²) >= 11 is 0. The Morgan fingerprint density at radius 2 is 1.76 bits per heavy atom. The van der Waals surface area contributed by atoms with Crippen molar-refractivity contribution in [3.8, 4) is 22.5 Å². The van der Waals surface area contributed by atoms with E-state index in [4.69, 9.17) is 10.5 Å². The Labute approximate surface area is 187 Å². The molecular weight excluding hydrogens is 461 g/mol. The van der Waals surface area contributed by atoms with Gasteiger partial charge < -0.3 is 15.4 Å². The van der Waals surface area contributed by atoms with Crippen LogP contribution >= 0.6 is 0 Å². The maximum absolute atomic E-state index is 13.7. The fraction of sp³-hybridized carbons (Fsp3) is 0.300. The van der Waals surface area contributed by atoms with E-state index in [1.54, 1.807) is 11.0 Å². The van der Waals surface area contributed by atoms with E-state index in [-0.39, 0.29) is 27.8 Å². The number of nitrogens with two attached hydrogens (primary N) is 1. The quantitative estimate of drug-likeness (QED) is 0.599. The van der Waals surface area contributed by atoms with E-state index >= 15 is 0 Å². The largest absolute Gasteiger partial charge is 0.434 e. The summed E-state index contributed by atoms with van der Waals surface area (Å²) in [6, 6.07) is 7.34. The molecule has 0 radical (unpaired) electrons. The molecule has 0 saturated carbocycles. The molecule has 2 N–H and O–H groups in total. The van der Waals surface area contributed by atoms with Crippen LogP contribution in [0, 0.1) is 0 Å². The highest BCUT2D eigenvalue weighted by Gasteiger charge is 2.37. The lowest BCUT2D eigenvalue weighted by Gasteiger charge is -2.27. The Morgan fingerprint density at radius 1 is 1.06 bits per heavy atom. The minimum Gasteiger partial charge on any atom is -0.378 e. The van der Waals surface area contributed by atoms with E-state index in [0.717, 1.165) is 12.5 Å². The topological polar surface area (TPSA) is 124 Å². The van der Waals surface area contributed by atoms with Crippen LogP contribution in [0.2, 0.25) is 0 Å². The molecule has 0 atom stereocenters. The number of anilines is 2. The molecule has 0 amide bonds. The van der Waals surface area contributed by atoms with E-state index < -0.39 is 27.7 Å². The van der Waals surface area contributed by atoms with Crippen LogP contribution in [0.15, 0.2) is 41.4 Å². The van der Waals surface area contributed by atoms with Crippen LogP contribution < -0.4 is 10.6 Å². The normalized spacial score (nSPS) is 15.0. The molecule has 1 fully saturated rings. The maximum atomic E-state index is 13.7. The summed E-state index contributed by atoms with van der Waals surface area (Å²) in [5.74, 6) is -0.338. The number of ether oxygens (including phenoxy) is 1. The van der Waals surface area contributed by atoms with Gasteiger partial charge in [-0.1, -0.05) is 12.1 Å². The van der Waals surface area contributed by atoms with Crippen molar-refractivity contribution in [2.75, 3.05) is 43.2 Å². The number of nitrogens with zero attached hydrogens (tertiary/aromatic N) is 5. The summed E-state index contributed by atoms with van der Waals surface area (Å²) in [6.45, 7) is 1.70. The van der Waals surface area contributed by atoms with Crippen molar-refractivity contribution in [1.29, 1.82) is 0 Å². The molecule has 1 aliphatic heterocycles. The molecule has 0 unspecified atom stereocenters. The molecule has 0 bridgehead atoms. The molecule has 9 nitrogen and oxygen atoms in total. The van der Waals surface area contributed by atoms with Crippen molar-refractivity contribution in [3.05, 3.63) is 42.2 Å². The lowest BCUT2D eigenvalue weighted by molar-refractivity contribution is -0.140. The molecule has 1 saturated heterocycles. The van der Waals surface area contributed by atoms with Gasteiger partial charge in [-0.05, 0) is 18.2 Å². The lowest BCUT2D eigenvalue weighted by atomic mass is 10.1. The summed E-state index contributed by atoms with van der Waals surface area (Å²) in [6.07, 6.45) is -2.77. The van der Waals surface area contributed by atoms with Crippen molar-refractivity contribution in [1.82, 2.24) is 19.9 Å². The highest BCUT2D eigenvalue weighted by atomic mass is 32.2. The van der Waals surface area contributed by atoms with Crippen LogP contribution in [-0.2, 0) is 20.8 Å². The van der Waals surface area contributed by atoms with Crippen molar-refractivity contribution >= 4 is 21.7 Å². The van der Waals surface area contributed by atoms with Gasteiger partial charge in [-0.15, -0.1) is 0 Å². The molecule has 1 aliphatic rings. The molecule has 3 aromatic rings. The summed E-state index contributed by atoms with van der Waals surface area (Å²) in [7, 11) is -3.51. The number of halogens is 3. The maximum Gasteiger partial charge on any atom is 0.434 e. The van der Waals surface area contributed by atoms with Gasteiger partial charge in [-0.2, -0.15) is 13.2 Å². The third kappa shape index (κ3) is 5.03. The number of rotatable bonds is 4. The fourth-order valence-electron chi connectivity index (χ4n) is 3.31. The molecule has 3 heterocycles. The second-order valence-electron chi connectivity index (χ2n) is 7.33. The van der Waals surface area contributed by atoms with Gasteiger partial charge >= 0.3 is 6.18 Å². The first-order chi connectivity index (χ1) is 15.5. The Morgan fingerprint density at radius 3 is 2.42 bits per heavy atom. The first-order valence-corrected chi connectivity index (χ1v) is 11.6. The van der Waals surface area contributed by atoms with Crippen molar-refractivity contribution in [3.63, 3.8) is 0 Å². The van der Waals surface area contributed by atoms with Gasteiger partial charge in [0, 0.05) is 36.7 Å². The second-order valence-corrected chi connectivity index (χ2v) is 9.34. The monoisotopic (exact) mass is 480 g/mol. The minimum atomic E-state index is -4.80. The van der Waals surface area contributed by atoms with Gasteiger partial charge in [0.2, 0.25) is 11.9 Å². The predicted molar refractivity (Wildman–Crippen MR) is 114 cm³/mol. The van der Waals surface area contributed by atoms with Crippen LogP contribution in [0.1, 0.15) is 5.69 Å². The molecule has 2 aromatic heterocycles. The molecule has 4 rings (SSSR count). The SMILES string of the molecule is CS(=O)(=O)c1cccc(-c2cc(-c3cnc(N)nc3C(F)(F)F)nc(N3CCOCC3)n2)c1. The third-order valence-corrected chi connectivity index (χ3v) is 6.03. The zero-order valence-corrected chi connectivity index (χ0v) is 18.2. The van der Waals surface area contributed by atoms with Gasteiger partial charge in [0.1, 0.15) is 0 Å². The fourth-order valence-corrected chi connectivity index (χ4v) is 3.98. The van der Waals surface area contributed by atoms with Gasteiger partial charge in [-0.25, -0.2) is 28.4 Å². The average Bonchev–Trinajstić information content (AvgIpc) is 2.78. The average molecular weight is 480 g/mol. The van der Waals surface area contributed by atoms with Crippen molar-refractivity contribution in [2.24, 2.45) is 0 Å². The zero-order valence-electron chi connectivity index (χ0n) is 17.4. The van der Waals surface area contributed by atoms with Crippen LogP contribution in [0.5, 0.6) is 0 Å². The van der Waals surface area contributed by atoms with Crippen LogP contribution in [0.4, 0.5) is 25.1 Å². The van der Waals surface area contributed by atoms with E-state index in [1.807, 2.05) is 0 Å². The second kappa shape index (κ2) is 8.56. The Balaban J connectivity index is 1.93. The summed E-state index contributed by atoms with van der Waals surface area (Å²) in [4.78, 5) is 17.8. The first-order valence-electron chi connectivity index (χ1n) is 9.75. The molecule has 33 heavy (non-hydrogen) atoms. The smallest absolute Gasteiger partial charge is 0.378 e. The van der Waals surface area contributed by atoms with Gasteiger partial charge in [0.15, 0.2) is 15.5 Å². The number of benzene rings is 1. The Bertz CT molecular complexity index is 1290. The predicted octanol–water partition coefficient (Wildman–Crippen LogP) is 2.44. The first kappa shape index (κ1) is 22.9. The van der Waals surface area contributed by atoms with Gasteiger partial charge in [0.05, 0.1) is 29.5 Å². The number of hydrogen-bond donors (Lipinski definition) is 1. The standard InChI is InChI=1S/C20H19F3N6O3S/c1-33(30,31)13-4-2-3-12(9-13)15-10-16(27-19(26-15)29-5-7-32-8-6-29)14-11-25-18(24)28-17(14)20(21,22)23/h2-4,9-11H,5-8H2,1H3,(H2,24,25,28). The summed E-state index contributed by atoms with van der Waals surface area (Å²) in [5, 5.41) is 0. The Hall–Kier alpha value is -3.32. The minimum absolute atomic E-state index is 0.0554. The van der Waals surface area contributed by atoms with Crippen LogP contribution in [0.3, 0.4) is 0 Å². The number of sulfone groups is 1. The van der Waals surface area contributed by atoms with Gasteiger partial charge in [-0.3, -0.25) is 0 Å². The molecule has 0 spiro atoms. The number of alkyl halides is 3. The van der Waals surface area contributed by atoms with Crippen molar-refractivity contribution in [2.45, 2.75) is 11.1 Å². The molecule has 174 valence electrons. The van der Waals surface area contributed by atoms with Crippen molar-refractivity contribution < 1.29 is 26.3 Å². The molecule has 13 heteroatoms. The highest BCUT2D eigenvalue weighted by Crippen LogP contribution is 2.36. The summed E-state index contributed by atoms with van der Waals surface area (Å²) in [5.41, 5.74) is 4.38. The molecule has 0 aliphatic carbocycles. The number of nitrogen functional groups attached to an aromatic ring is 1. The molecule has 1 aromatic carbocycles. The zero-order chi connectivity index (χ0) is 23.8. The van der Waals surface area contributed by atoms with E-state index in [0.29, 0.717) is 31.9 Å². The van der Waals surface area contributed by atoms with E-state index in [1.165, 1.54) is 24.3 Å². The summed E-state index contributed by atoms with van der Waals surface area (Å²) < 4.78 is 70.4. The van der Waals surface area contributed by atoms with E-state index in [9.17, 15) is 21.6 Å². The third-order valence-electron chi connectivity index (χ3n) is 4.92. The van der Waals surface area contributed by atoms with Crippen LogP contribution in [0.25, 0.3) is 22.5 Å². The Kier molecular flexibility index (Phi) is 5.93.